The predicted molar refractivity (Wildman–Crippen MR) is 225 cm³/mol. The average molecular weight is 711 g/mol. The number of nitrogens with zero attached hydrogens (tertiary/aromatic N) is 2. The maximum absolute atomic E-state index is 6.60. The van der Waals surface area contributed by atoms with Crippen molar-refractivity contribution >= 4 is 81.6 Å². The van der Waals surface area contributed by atoms with Gasteiger partial charge in [0.1, 0.15) is 16.7 Å². The van der Waals surface area contributed by atoms with Gasteiger partial charge in [0.05, 0.1) is 0 Å². The molecule has 11 aromatic rings. The smallest absolute Gasteiger partial charge is 0.228 e. The molecule has 3 aromatic heterocycles. The fourth-order valence-corrected chi connectivity index (χ4v) is 8.82. The lowest BCUT2D eigenvalue weighted by Gasteiger charge is -2.26. The first-order valence-electron chi connectivity index (χ1n) is 18.0. The van der Waals surface area contributed by atoms with E-state index in [1.54, 1.807) is 0 Å². The second kappa shape index (κ2) is 12.3. The monoisotopic (exact) mass is 710 g/mol. The van der Waals surface area contributed by atoms with E-state index >= 15 is 0 Å². The van der Waals surface area contributed by atoms with Crippen molar-refractivity contribution in [3.8, 4) is 33.7 Å². The molecule has 254 valence electrons. The highest BCUT2D eigenvalue weighted by molar-refractivity contribution is 7.25. The predicted octanol–water partition coefficient (Wildman–Crippen LogP) is 14.6. The SMILES string of the molecule is c1ccc(-c2cccc(-c3ccc(N(c4ccc5c(c4)oc4cccc(-c6nc7ccccc7o6)c45)c4ccc5sc6ccccc6c5c4)cc3)c2)cc1. The Morgan fingerprint density at radius 2 is 1.07 bits per heavy atom. The minimum atomic E-state index is 0.584. The number of oxazole rings is 1. The lowest BCUT2D eigenvalue weighted by atomic mass is 9.99. The van der Waals surface area contributed by atoms with Crippen molar-refractivity contribution in [2.75, 3.05) is 4.90 Å². The van der Waals surface area contributed by atoms with Crippen LogP contribution in [0.25, 0.3) is 86.9 Å². The molecule has 0 bridgehead atoms. The van der Waals surface area contributed by atoms with E-state index in [0.29, 0.717) is 5.89 Å². The Bertz CT molecular complexity index is 3140. The van der Waals surface area contributed by atoms with E-state index < -0.39 is 0 Å². The Kier molecular flexibility index (Phi) is 7.00. The van der Waals surface area contributed by atoms with Crippen molar-refractivity contribution in [3.63, 3.8) is 0 Å². The molecule has 0 fully saturated rings. The standard InChI is InChI=1S/C49H30N2O2S/c1-2-10-31(11-3-1)33-12-8-13-34(28-33)32-20-22-35(23-21-32)51(36-25-27-47-41(29-36)38-14-4-7-19-46(38)54-47)37-24-26-39-45(30-37)52-44-18-9-15-40(48(39)44)49-50-42-16-5-6-17-43(42)53-49/h1-30H. The van der Waals surface area contributed by atoms with Crippen molar-refractivity contribution < 1.29 is 8.83 Å². The number of rotatable bonds is 6. The molecule has 0 aliphatic rings. The van der Waals surface area contributed by atoms with Gasteiger partial charge >= 0.3 is 0 Å². The van der Waals surface area contributed by atoms with Crippen LogP contribution in [0.1, 0.15) is 0 Å². The molecule has 3 heterocycles. The van der Waals surface area contributed by atoms with Crippen LogP contribution in [0.5, 0.6) is 0 Å². The van der Waals surface area contributed by atoms with Gasteiger partial charge in [0.25, 0.3) is 0 Å². The van der Waals surface area contributed by atoms with E-state index in [1.807, 2.05) is 47.7 Å². The van der Waals surface area contributed by atoms with E-state index in [0.717, 1.165) is 61.2 Å². The molecular formula is C49H30N2O2S. The van der Waals surface area contributed by atoms with Crippen LogP contribution in [0.2, 0.25) is 0 Å². The Balaban J connectivity index is 1.05. The first kappa shape index (κ1) is 30.7. The van der Waals surface area contributed by atoms with E-state index in [1.165, 1.54) is 36.9 Å². The summed E-state index contributed by atoms with van der Waals surface area (Å²) in [5, 5.41) is 4.53. The van der Waals surface area contributed by atoms with Gasteiger partial charge in [0.2, 0.25) is 5.89 Å². The Morgan fingerprint density at radius 1 is 0.407 bits per heavy atom. The van der Waals surface area contributed by atoms with Crippen LogP contribution < -0.4 is 4.90 Å². The number of hydrogen-bond donors (Lipinski definition) is 0. The number of furan rings is 1. The Labute approximate surface area is 314 Å². The van der Waals surface area contributed by atoms with Gasteiger partial charge in [0, 0.05) is 59.6 Å². The van der Waals surface area contributed by atoms with Crippen LogP contribution >= 0.6 is 11.3 Å². The minimum absolute atomic E-state index is 0.584. The van der Waals surface area contributed by atoms with Gasteiger partial charge < -0.3 is 13.7 Å². The molecular weight excluding hydrogens is 681 g/mol. The third kappa shape index (κ3) is 5.09. The number of fused-ring (bicyclic) bond motifs is 7. The highest BCUT2D eigenvalue weighted by Crippen LogP contribution is 2.44. The van der Waals surface area contributed by atoms with E-state index in [4.69, 9.17) is 13.8 Å². The normalized spacial score (nSPS) is 11.7. The molecule has 0 saturated carbocycles. The molecule has 0 saturated heterocycles. The van der Waals surface area contributed by atoms with E-state index in [9.17, 15) is 0 Å². The van der Waals surface area contributed by atoms with Gasteiger partial charge in [-0.05, 0) is 101 Å². The third-order valence-corrected chi connectivity index (χ3v) is 11.5. The van der Waals surface area contributed by atoms with Crippen molar-refractivity contribution in [2.24, 2.45) is 0 Å². The van der Waals surface area contributed by atoms with Gasteiger partial charge in [-0.2, -0.15) is 0 Å². The first-order chi connectivity index (χ1) is 26.7. The molecule has 0 unspecified atom stereocenters. The molecule has 0 spiro atoms. The molecule has 8 aromatic carbocycles. The highest BCUT2D eigenvalue weighted by atomic mass is 32.1. The van der Waals surface area contributed by atoms with Crippen LogP contribution in [0, 0.1) is 0 Å². The number of anilines is 3. The Morgan fingerprint density at radius 3 is 1.94 bits per heavy atom. The lowest BCUT2D eigenvalue weighted by Crippen LogP contribution is -2.09. The quantitative estimate of drug-likeness (QED) is 0.172. The molecule has 0 radical (unpaired) electrons. The number of aromatic nitrogens is 1. The molecule has 54 heavy (non-hydrogen) atoms. The van der Waals surface area contributed by atoms with E-state index in [2.05, 4.69) is 150 Å². The van der Waals surface area contributed by atoms with Crippen molar-refractivity contribution in [1.29, 1.82) is 0 Å². The maximum atomic E-state index is 6.60. The molecule has 4 nitrogen and oxygen atoms in total. The topological polar surface area (TPSA) is 42.4 Å². The Hall–Kier alpha value is -6.95. The summed E-state index contributed by atoms with van der Waals surface area (Å²) >= 11 is 1.83. The van der Waals surface area contributed by atoms with Gasteiger partial charge in [-0.3, -0.25) is 0 Å². The fourth-order valence-electron chi connectivity index (χ4n) is 7.73. The van der Waals surface area contributed by atoms with Gasteiger partial charge in [-0.1, -0.05) is 97.1 Å². The minimum Gasteiger partial charge on any atom is -0.456 e. The molecule has 5 heteroatoms. The summed E-state index contributed by atoms with van der Waals surface area (Å²) in [6.45, 7) is 0. The summed E-state index contributed by atoms with van der Waals surface area (Å²) in [4.78, 5) is 7.14. The maximum Gasteiger partial charge on any atom is 0.228 e. The summed E-state index contributed by atoms with van der Waals surface area (Å²) in [7, 11) is 0. The second-order valence-corrected chi connectivity index (χ2v) is 14.6. The zero-order chi connectivity index (χ0) is 35.6. The van der Waals surface area contributed by atoms with Crippen molar-refractivity contribution in [1.82, 2.24) is 4.98 Å². The molecule has 0 N–H and O–H groups in total. The number of hydrogen-bond acceptors (Lipinski definition) is 5. The number of para-hydroxylation sites is 2. The second-order valence-electron chi connectivity index (χ2n) is 13.6. The van der Waals surface area contributed by atoms with Gasteiger partial charge in [-0.15, -0.1) is 11.3 Å². The zero-order valence-electron chi connectivity index (χ0n) is 28.9. The van der Waals surface area contributed by atoms with Gasteiger partial charge in [0.15, 0.2) is 5.58 Å². The average Bonchev–Trinajstić information content (AvgIpc) is 3.95. The van der Waals surface area contributed by atoms with Crippen molar-refractivity contribution in [3.05, 3.63) is 182 Å². The number of thiophene rings is 1. The van der Waals surface area contributed by atoms with Crippen LogP contribution in [0.4, 0.5) is 17.1 Å². The zero-order valence-corrected chi connectivity index (χ0v) is 29.8. The number of benzene rings is 8. The first-order valence-corrected chi connectivity index (χ1v) is 18.8. The molecule has 0 amide bonds. The summed E-state index contributed by atoms with van der Waals surface area (Å²) in [6, 6.07) is 64.0. The molecule has 11 rings (SSSR count). The van der Waals surface area contributed by atoms with Crippen molar-refractivity contribution in [2.45, 2.75) is 0 Å². The fraction of sp³-hybridized carbons (Fsp3) is 0. The molecule has 0 aliphatic carbocycles. The summed E-state index contributed by atoms with van der Waals surface area (Å²) < 4.78 is 15.4. The van der Waals surface area contributed by atoms with E-state index in [-0.39, 0.29) is 0 Å². The molecule has 0 aliphatic heterocycles. The highest BCUT2D eigenvalue weighted by Gasteiger charge is 2.20. The van der Waals surface area contributed by atoms with Crippen LogP contribution in [0.3, 0.4) is 0 Å². The lowest BCUT2D eigenvalue weighted by molar-refractivity contribution is 0.620. The van der Waals surface area contributed by atoms with Gasteiger partial charge in [-0.25, -0.2) is 4.98 Å². The molecule has 0 atom stereocenters. The van der Waals surface area contributed by atoms with Crippen LogP contribution in [-0.4, -0.2) is 4.98 Å². The third-order valence-electron chi connectivity index (χ3n) is 10.3. The van der Waals surface area contributed by atoms with Crippen LogP contribution in [0.15, 0.2) is 191 Å². The van der Waals surface area contributed by atoms with Crippen LogP contribution in [-0.2, 0) is 0 Å². The largest absolute Gasteiger partial charge is 0.456 e. The summed E-state index contributed by atoms with van der Waals surface area (Å²) in [5.41, 5.74) is 12.0. The summed E-state index contributed by atoms with van der Waals surface area (Å²) in [5.74, 6) is 0.584. The summed E-state index contributed by atoms with van der Waals surface area (Å²) in [6.07, 6.45) is 0.